The number of nitrogens with zero attached hydrogens (tertiary/aromatic N) is 2. The lowest BCUT2D eigenvalue weighted by Crippen LogP contribution is -2.41. The Bertz CT molecular complexity index is 1120. The Kier molecular flexibility index (Phi) is 5.35. The minimum atomic E-state index is -1.73. The van der Waals surface area contributed by atoms with Crippen molar-refractivity contribution < 1.29 is 23.8 Å². The summed E-state index contributed by atoms with van der Waals surface area (Å²) in [6.07, 6.45) is 0.216. The number of hydrogen-bond donors (Lipinski definition) is 3. The van der Waals surface area contributed by atoms with E-state index < -0.39 is 23.2 Å². The van der Waals surface area contributed by atoms with Crippen LogP contribution in [0, 0.1) is 17.7 Å². The highest BCUT2D eigenvalue weighted by Gasteiger charge is 2.42. The molecular formula is C22H21FN4O4. The van der Waals surface area contributed by atoms with Gasteiger partial charge in [0.2, 0.25) is 5.60 Å². The number of benzene rings is 1. The second kappa shape index (κ2) is 7.98. The molecule has 0 bridgehead atoms. The van der Waals surface area contributed by atoms with E-state index >= 15 is 0 Å². The molecule has 0 aliphatic carbocycles. The quantitative estimate of drug-likeness (QED) is 0.624. The Hall–Kier alpha value is -3.48. The number of carbonyl (C=O) groups excluding carboxylic acids is 2. The van der Waals surface area contributed by atoms with Crippen LogP contribution >= 0.6 is 0 Å². The summed E-state index contributed by atoms with van der Waals surface area (Å²) in [7, 11) is 1.60. The van der Waals surface area contributed by atoms with Gasteiger partial charge in [-0.15, -0.1) is 0 Å². The predicted molar refractivity (Wildman–Crippen MR) is 110 cm³/mol. The number of likely N-dealkylation sites (tertiary alicyclic amines) is 1. The number of hydrogen-bond acceptors (Lipinski definition) is 6. The summed E-state index contributed by atoms with van der Waals surface area (Å²) < 4.78 is 19.9. The highest BCUT2D eigenvalue weighted by molar-refractivity contribution is 5.97. The number of anilines is 1. The van der Waals surface area contributed by atoms with Gasteiger partial charge in [0.25, 0.3) is 11.8 Å². The van der Waals surface area contributed by atoms with Crippen LogP contribution < -0.4 is 11.1 Å². The van der Waals surface area contributed by atoms with Crippen molar-refractivity contribution in [3.05, 3.63) is 47.4 Å². The average Bonchev–Trinajstić information content (AvgIpc) is 2.97. The van der Waals surface area contributed by atoms with E-state index in [1.165, 1.54) is 11.0 Å². The Balaban J connectivity index is 1.66. The molecule has 0 spiro atoms. The number of aromatic nitrogens is 1. The predicted octanol–water partition coefficient (Wildman–Crippen LogP) is 0.742. The molecule has 1 atom stereocenters. The lowest BCUT2D eigenvalue weighted by atomic mass is 10.0. The fourth-order valence-electron chi connectivity index (χ4n) is 3.42. The molecule has 2 amide bonds. The van der Waals surface area contributed by atoms with Crippen LogP contribution in [0.15, 0.2) is 30.3 Å². The Labute approximate surface area is 178 Å². The lowest BCUT2D eigenvalue weighted by Gasteiger charge is -2.28. The van der Waals surface area contributed by atoms with Gasteiger partial charge >= 0.3 is 0 Å². The summed E-state index contributed by atoms with van der Waals surface area (Å²) in [5.41, 5.74) is 4.65. The van der Waals surface area contributed by atoms with Crippen molar-refractivity contribution >= 4 is 17.5 Å². The Morgan fingerprint density at radius 1 is 1.42 bits per heavy atom. The maximum atomic E-state index is 14.9. The van der Waals surface area contributed by atoms with E-state index in [1.807, 2.05) is 0 Å². The van der Waals surface area contributed by atoms with Crippen molar-refractivity contribution in [1.82, 2.24) is 9.88 Å². The fourth-order valence-corrected chi connectivity index (χ4v) is 3.42. The molecule has 4 rings (SSSR count). The van der Waals surface area contributed by atoms with E-state index in [0.29, 0.717) is 30.9 Å². The van der Waals surface area contributed by atoms with Crippen molar-refractivity contribution in [2.24, 2.45) is 5.73 Å². The van der Waals surface area contributed by atoms with Crippen molar-refractivity contribution in [2.75, 3.05) is 32.1 Å². The number of amides is 2. The molecule has 1 unspecified atom stereocenters. The Morgan fingerprint density at radius 2 is 2.19 bits per heavy atom. The maximum Gasteiger partial charge on any atom is 0.269 e. The number of carbonyl (C=O) groups is 2. The average molecular weight is 424 g/mol. The normalized spacial score (nSPS) is 20.7. The van der Waals surface area contributed by atoms with Crippen molar-refractivity contribution in [3.8, 4) is 23.1 Å². The molecule has 2 aromatic rings. The summed E-state index contributed by atoms with van der Waals surface area (Å²) in [5, 5.41) is 13.5. The standard InChI is InChI=1S/C22H21FN4O4/c1-27-8-7-22(30,21(27)29)6-5-13-3-2-4-14(9-13)18-16(23)10-17(19(26-18)20(24)28)25-15-11-31-12-15/h2-4,9-10,15,25,30H,7-8,11-12H2,1H3,(H2,24,28). The van der Waals surface area contributed by atoms with E-state index in [-0.39, 0.29) is 29.5 Å². The van der Waals surface area contributed by atoms with Crippen LogP contribution in [-0.4, -0.2) is 65.3 Å². The number of pyridine rings is 1. The number of nitrogens with two attached hydrogens (primary N) is 1. The van der Waals surface area contributed by atoms with Crippen LogP contribution in [0.4, 0.5) is 10.1 Å². The summed E-state index contributed by atoms with van der Waals surface area (Å²) in [4.78, 5) is 29.5. The van der Waals surface area contributed by atoms with Crippen LogP contribution in [0.1, 0.15) is 22.5 Å². The smallest absolute Gasteiger partial charge is 0.269 e. The largest absolute Gasteiger partial charge is 0.377 e. The van der Waals surface area contributed by atoms with Gasteiger partial charge in [-0.1, -0.05) is 24.0 Å². The number of nitrogens with one attached hydrogen (secondary N) is 1. The maximum absolute atomic E-state index is 14.9. The third kappa shape index (κ3) is 4.08. The van der Waals surface area contributed by atoms with Gasteiger partial charge in [0.1, 0.15) is 5.69 Å². The molecule has 8 nitrogen and oxygen atoms in total. The number of primary amides is 1. The summed E-state index contributed by atoms with van der Waals surface area (Å²) >= 11 is 0. The van der Waals surface area contributed by atoms with Gasteiger partial charge in [0.05, 0.1) is 24.9 Å². The number of rotatable bonds is 4. The minimum Gasteiger partial charge on any atom is -0.377 e. The molecule has 1 aromatic carbocycles. The van der Waals surface area contributed by atoms with Gasteiger partial charge in [-0.05, 0) is 12.1 Å². The van der Waals surface area contributed by atoms with Crippen LogP contribution in [0.5, 0.6) is 0 Å². The van der Waals surface area contributed by atoms with Gasteiger partial charge in [0, 0.05) is 37.2 Å². The van der Waals surface area contributed by atoms with Crippen LogP contribution in [0.2, 0.25) is 0 Å². The first-order valence-electron chi connectivity index (χ1n) is 9.73. The monoisotopic (exact) mass is 424 g/mol. The fraction of sp³-hybridized carbons (Fsp3) is 0.318. The van der Waals surface area contributed by atoms with E-state index in [2.05, 4.69) is 22.1 Å². The molecule has 0 saturated carbocycles. The van der Waals surface area contributed by atoms with E-state index in [4.69, 9.17) is 10.5 Å². The highest BCUT2D eigenvalue weighted by Crippen LogP contribution is 2.27. The van der Waals surface area contributed by atoms with E-state index in [0.717, 1.165) is 0 Å². The van der Waals surface area contributed by atoms with Crippen LogP contribution in [0.3, 0.4) is 0 Å². The molecule has 2 aliphatic heterocycles. The minimum absolute atomic E-state index is 0.0353. The van der Waals surface area contributed by atoms with Gasteiger partial charge in [0.15, 0.2) is 11.5 Å². The van der Waals surface area contributed by atoms with Crippen molar-refractivity contribution in [2.45, 2.75) is 18.1 Å². The second-order valence-corrected chi connectivity index (χ2v) is 7.63. The molecular weight excluding hydrogens is 403 g/mol. The topological polar surface area (TPSA) is 118 Å². The first kappa shape index (κ1) is 20.8. The second-order valence-electron chi connectivity index (χ2n) is 7.63. The zero-order valence-corrected chi connectivity index (χ0v) is 16.8. The van der Waals surface area contributed by atoms with Crippen molar-refractivity contribution in [3.63, 3.8) is 0 Å². The molecule has 2 saturated heterocycles. The van der Waals surface area contributed by atoms with Gasteiger partial charge < -0.3 is 25.8 Å². The van der Waals surface area contributed by atoms with Crippen LogP contribution in [-0.2, 0) is 9.53 Å². The lowest BCUT2D eigenvalue weighted by molar-refractivity contribution is -0.137. The third-order valence-corrected chi connectivity index (χ3v) is 5.27. The molecule has 2 aliphatic rings. The third-order valence-electron chi connectivity index (χ3n) is 5.27. The summed E-state index contributed by atoms with van der Waals surface area (Å²) in [5.74, 6) is 3.54. The zero-order valence-electron chi connectivity index (χ0n) is 16.8. The van der Waals surface area contributed by atoms with E-state index in [1.54, 1.807) is 31.3 Å². The number of likely N-dealkylation sites (N-methyl/N-ethyl adjacent to an activating group) is 1. The molecule has 3 heterocycles. The molecule has 9 heteroatoms. The van der Waals surface area contributed by atoms with Gasteiger partial charge in [-0.25, -0.2) is 9.37 Å². The highest BCUT2D eigenvalue weighted by atomic mass is 19.1. The van der Waals surface area contributed by atoms with Crippen LogP contribution in [0.25, 0.3) is 11.3 Å². The molecule has 1 aromatic heterocycles. The molecule has 2 fully saturated rings. The van der Waals surface area contributed by atoms with Gasteiger partial charge in [-0.3, -0.25) is 9.59 Å². The zero-order chi connectivity index (χ0) is 22.2. The van der Waals surface area contributed by atoms with Crippen molar-refractivity contribution in [1.29, 1.82) is 0 Å². The number of ether oxygens (including phenoxy) is 1. The first-order chi connectivity index (χ1) is 14.8. The SMILES string of the molecule is CN1CCC(O)(C#Cc2cccc(-c3nc(C(N)=O)c(NC4COC4)cc3F)c2)C1=O. The van der Waals surface area contributed by atoms with Gasteiger partial charge in [-0.2, -0.15) is 0 Å². The Morgan fingerprint density at radius 3 is 2.81 bits per heavy atom. The molecule has 31 heavy (non-hydrogen) atoms. The summed E-state index contributed by atoms with van der Waals surface area (Å²) in [6.45, 7) is 1.32. The summed E-state index contributed by atoms with van der Waals surface area (Å²) in [6, 6.07) is 7.67. The molecule has 160 valence electrons. The van der Waals surface area contributed by atoms with E-state index in [9.17, 15) is 19.1 Å². The molecule has 0 radical (unpaired) electrons. The number of halogens is 1. The number of aliphatic hydroxyl groups is 1. The first-order valence-corrected chi connectivity index (χ1v) is 9.73. The molecule has 4 N–H and O–H groups in total.